The second kappa shape index (κ2) is 8.56. The van der Waals surface area contributed by atoms with Crippen LogP contribution in [0.5, 0.6) is 11.5 Å². The lowest BCUT2D eigenvalue weighted by molar-refractivity contribution is -0.160. The quantitative estimate of drug-likeness (QED) is 0.699. The lowest BCUT2D eigenvalue weighted by atomic mass is 9.79. The SMILES string of the molecule is CC(OC(=O)C1(c2ccc(Cl)cc2)CCCC1)C(=O)NCc1ccc2c(c1)OCO2. The monoisotopic (exact) mass is 429 g/mol. The van der Waals surface area contributed by atoms with Gasteiger partial charge < -0.3 is 19.5 Å². The van der Waals surface area contributed by atoms with Gasteiger partial charge in [0.05, 0.1) is 5.41 Å². The molecule has 0 aromatic heterocycles. The van der Waals surface area contributed by atoms with Crippen LogP contribution in [0.3, 0.4) is 0 Å². The van der Waals surface area contributed by atoms with Crippen molar-refractivity contribution in [3.63, 3.8) is 0 Å². The predicted octanol–water partition coefficient (Wildman–Crippen LogP) is 4.13. The topological polar surface area (TPSA) is 73.9 Å². The van der Waals surface area contributed by atoms with Crippen LogP contribution in [-0.4, -0.2) is 24.8 Å². The molecule has 158 valence electrons. The van der Waals surface area contributed by atoms with Crippen LogP contribution in [0.4, 0.5) is 0 Å². The molecule has 1 amide bonds. The number of ether oxygens (including phenoxy) is 3. The van der Waals surface area contributed by atoms with E-state index in [0.717, 1.165) is 24.0 Å². The highest BCUT2D eigenvalue weighted by Gasteiger charge is 2.45. The molecule has 0 radical (unpaired) electrons. The summed E-state index contributed by atoms with van der Waals surface area (Å²) >= 11 is 6.00. The van der Waals surface area contributed by atoms with Crippen LogP contribution in [-0.2, 0) is 26.3 Å². The number of fused-ring (bicyclic) bond motifs is 1. The van der Waals surface area contributed by atoms with Gasteiger partial charge in [0, 0.05) is 11.6 Å². The van der Waals surface area contributed by atoms with Gasteiger partial charge >= 0.3 is 5.97 Å². The highest BCUT2D eigenvalue weighted by molar-refractivity contribution is 6.30. The molecule has 2 aliphatic rings. The standard InChI is InChI=1S/C23H24ClNO5/c1-15(21(26)25-13-16-4-9-19-20(12-16)29-14-28-19)30-22(27)23(10-2-3-11-23)17-5-7-18(24)8-6-17/h4-9,12,15H,2-3,10-11,13-14H2,1H3,(H,25,26). The molecule has 4 rings (SSSR count). The first-order valence-electron chi connectivity index (χ1n) is 10.1. The van der Waals surface area contributed by atoms with Crippen molar-refractivity contribution in [3.8, 4) is 11.5 Å². The molecule has 6 nitrogen and oxygen atoms in total. The van der Waals surface area contributed by atoms with E-state index < -0.39 is 11.5 Å². The van der Waals surface area contributed by atoms with E-state index in [1.165, 1.54) is 0 Å². The molecule has 1 unspecified atom stereocenters. The van der Waals surface area contributed by atoms with Crippen LogP contribution < -0.4 is 14.8 Å². The summed E-state index contributed by atoms with van der Waals surface area (Å²) in [5.74, 6) is 0.655. The summed E-state index contributed by atoms with van der Waals surface area (Å²) in [4.78, 5) is 25.6. The summed E-state index contributed by atoms with van der Waals surface area (Å²) in [7, 11) is 0. The lowest BCUT2D eigenvalue weighted by Crippen LogP contribution is -2.41. The minimum atomic E-state index is -0.892. The van der Waals surface area contributed by atoms with Gasteiger partial charge in [0.2, 0.25) is 6.79 Å². The fourth-order valence-corrected chi connectivity index (χ4v) is 4.19. The molecule has 1 aliphatic carbocycles. The van der Waals surface area contributed by atoms with Crippen LogP contribution >= 0.6 is 11.6 Å². The molecule has 1 heterocycles. The van der Waals surface area contributed by atoms with Crippen LogP contribution in [0, 0.1) is 0 Å². The largest absolute Gasteiger partial charge is 0.454 e. The third-order valence-corrected chi connectivity index (χ3v) is 6.05. The molecule has 1 N–H and O–H groups in total. The molecule has 0 bridgehead atoms. The van der Waals surface area contributed by atoms with E-state index in [2.05, 4.69) is 5.32 Å². The number of carbonyl (C=O) groups is 2. The molecule has 2 aromatic rings. The van der Waals surface area contributed by atoms with E-state index in [1.54, 1.807) is 19.1 Å². The van der Waals surface area contributed by atoms with Crippen LogP contribution in [0.2, 0.25) is 5.02 Å². The summed E-state index contributed by atoms with van der Waals surface area (Å²) < 4.78 is 16.3. The van der Waals surface area contributed by atoms with E-state index in [0.29, 0.717) is 35.9 Å². The first-order chi connectivity index (χ1) is 14.5. The van der Waals surface area contributed by atoms with Gasteiger partial charge in [0.15, 0.2) is 17.6 Å². The van der Waals surface area contributed by atoms with Crippen molar-refractivity contribution < 1.29 is 23.8 Å². The first kappa shape index (κ1) is 20.5. The van der Waals surface area contributed by atoms with E-state index in [-0.39, 0.29) is 18.7 Å². The summed E-state index contributed by atoms with van der Waals surface area (Å²) in [6, 6.07) is 12.8. The fourth-order valence-electron chi connectivity index (χ4n) is 4.07. The molecule has 1 aliphatic heterocycles. The Kier molecular flexibility index (Phi) is 5.86. The summed E-state index contributed by atoms with van der Waals surface area (Å²) in [5, 5.41) is 3.44. The van der Waals surface area contributed by atoms with Crippen molar-refractivity contribution >= 4 is 23.5 Å². The maximum absolute atomic E-state index is 13.1. The minimum absolute atomic E-state index is 0.202. The smallest absolute Gasteiger partial charge is 0.317 e. The van der Waals surface area contributed by atoms with Crippen molar-refractivity contribution in [1.82, 2.24) is 5.32 Å². The molecular weight excluding hydrogens is 406 g/mol. The van der Waals surface area contributed by atoms with Crippen LogP contribution in [0.1, 0.15) is 43.7 Å². The molecule has 30 heavy (non-hydrogen) atoms. The fraction of sp³-hybridized carbons (Fsp3) is 0.391. The zero-order valence-electron chi connectivity index (χ0n) is 16.8. The molecule has 1 fully saturated rings. The van der Waals surface area contributed by atoms with Crippen molar-refractivity contribution in [2.45, 2.75) is 50.7 Å². The molecule has 1 atom stereocenters. The van der Waals surface area contributed by atoms with Gasteiger partial charge in [-0.1, -0.05) is 42.6 Å². The molecule has 0 saturated heterocycles. The van der Waals surface area contributed by atoms with Crippen molar-refractivity contribution in [1.29, 1.82) is 0 Å². The Hall–Kier alpha value is -2.73. The normalized spacial score (nSPS) is 17.4. The van der Waals surface area contributed by atoms with Crippen LogP contribution in [0.25, 0.3) is 0 Å². The number of hydrogen-bond donors (Lipinski definition) is 1. The van der Waals surface area contributed by atoms with Crippen molar-refractivity contribution in [2.75, 3.05) is 6.79 Å². The maximum atomic E-state index is 13.1. The number of hydrogen-bond acceptors (Lipinski definition) is 5. The second-order valence-electron chi connectivity index (χ2n) is 7.75. The Morgan fingerprint density at radius 3 is 2.53 bits per heavy atom. The summed E-state index contributed by atoms with van der Waals surface area (Å²) in [6.45, 7) is 2.10. The molecule has 7 heteroatoms. The van der Waals surface area contributed by atoms with Gasteiger partial charge in [0.25, 0.3) is 5.91 Å². The van der Waals surface area contributed by atoms with Crippen LogP contribution in [0.15, 0.2) is 42.5 Å². The van der Waals surface area contributed by atoms with Crippen molar-refractivity contribution in [3.05, 3.63) is 58.6 Å². The summed E-state index contributed by atoms with van der Waals surface area (Å²) in [6.07, 6.45) is 2.42. The van der Waals surface area contributed by atoms with E-state index >= 15 is 0 Å². The Bertz CT molecular complexity index is 937. The number of esters is 1. The average molecular weight is 430 g/mol. The minimum Gasteiger partial charge on any atom is -0.454 e. The molecular formula is C23H24ClNO5. The second-order valence-corrected chi connectivity index (χ2v) is 8.19. The van der Waals surface area contributed by atoms with Gasteiger partial charge in [-0.3, -0.25) is 9.59 Å². The summed E-state index contributed by atoms with van der Waals surface area (Å²) in [5.41, 5.74) is 1.05. The highest BCUT2D eigenvalue weighted by Crippen LogP contribution is 2.42. The zero-order valence-corrected chi connectivity index (χ0v) is 17.5. The number of benzene rings is 2. The number of amides is 1. The number of rotatable bonds is 6. The molecule has 0 spiro atoms. The van der Waals surface area contributed by atoms with Gasteiger partial charge in [-0.25, -0.2) is 0 Å². The van der Waals surface area contributed by atoms with Gasteiger partial charge in [-0.15, -0.1) is 0 Å². The van der Waals surface area contributed by atoms with Gasteiger partial charge in [-0.2, -0.15) is 0 Å². The molecule has 2 aromatic carbocycles. The predicted molar refractivity (Wildman–Crippen MR) is 112 cm³/mol. The first-order valence-corrected chi connectivity index (χ1v) is 10.5. The average Bonchev–Trinajstić information content (AvgIpc) is 3.42. The van der Waals surface area contributed by atoms with E-state index in [9.17, 15) is 9.59 Å². The maximum Gasteiger partial charge on any atom is 0.317 e. The molecule has 1 saturated carbocycles. The zero-order chi connectivity index (χ0) is 21.1. The Labute approximate surface area is 180 Å². The van der Waals surface area contributed by atoms with E-state index in [1.807, 2.05) is 30.3 Å². The Balaban J connectivity index is 1.38. The van der Waals surface area contributed by atoms with Gasteiger partial charge in [0.1, 0.15) is 0 Å². The van der Waals surface area contributed by atoms with Gasteiger partial charge in [-0.05, 0) is 55.2 Å². The third-order valence-electron chi connectivity index (χ3n) is 5.80. The van der Waals surface area contributed by atoms with Crippen molar-refractivity contribution in [2.24, 2.45) is 0 Å². The lowest BCUT2D eigenvalue weighted by Gasteiger charge is -2.28. The van der Waals surface area contributed by atoms with E-state index in [4.69, 9.17) is 25.8 Å². The Morgan fingerprint density at radius 2 is 1.80 bits per heavy atom. The number of halogens is 1. The number of nitrogens with one attached hydrogen (secondary N) is 1. The Morgan fingerprint density at radius 1 is 1.10 bits per heavy atom. The third kappa shape index (κ3) is 4.10. The number of carbonyl (C=O) groups excluding carboxylic acids is 2. The highest BCUT2D eigenvalue weighted by atomic mass is 35.5.